The number of fused-ring (bicyclic) bond motifs is 2. The van der Waals surface area contributed by atoms with Crippen LogP contribution in [-0.2, 0) is 24.7 Å². The first-order valence-corrected chi connectivity index (χ1v) is 10.8. The molecule has 0 amide bonds. The van der Waals surface area contributed by atoms with Gasteiger partial charge in [-0.3, -0.25) is 14.5 Å². The lowest BCUT2D eigenvalue weighted by atomic mass is 9.49. The van der Waals surface area contributed by atoms with Crippen molar-refractivity contribution in [3.63, 3.8) is 0 Å². The average Bonchev–Trinajstić information content (AvgIpc) is 2.67. The van der Waals surface area contributed by atoms with Gasteiger partial charge in [0.05, 0.1) is 17.7 Å². The Labute approximate surface area is 183 Å². The monoisotopic (exact) mass is 446 g/mol. The molecule has 2 N–H and O–H groups in total. The summed E-state index contributed by atoms with van der Waals surface area (Å²) >= 11 is 0. The first-order valence-electron chi connectivity index (χ1n) is 10.8. The number of likely N-dealkylation sites (tertiary alicyclic amines) is 1. The number of aromatic amines is 1. The normalized spacial score (nSPS) is 29.1. The molecule has 3 aliphatic rings. The Morgan fingerprint density at radius 3 is 2.69 bits per heavy atom. The second-order valence-electron chi connectivity index (χ2n) is 9.65. The molecule has 170 valence electrons. The highest BCUT2D eigenvalue weighted by atomic mass is 19.4. The summed E-state index contributed by atoms with van der Waals surface area (Å²) in [5.74, 6) is -0.384. The van der Waals surface area contributed by atoms with Crippen molar-refractivity contribution in [3.05, 3.63) is 68.1 Å². The van der Waals surface area contributed by atoms with Crippen molar-refractivity contribution < 1.29 is 23.1 Å². The molecule has 1 aromatic carbocycles. The van der Waals surface area contributed by atoms with Gasteiger partial charge in [-0.2, -0.15) is 13.2 Å². The molecule has 0 spiro atoms. The Kier molecular flexibility index (Phi) is 4.53. The minimum atomic E-state index is -4.37. The highest BCUT2D eigenvalue weighted by molar-refractivity contribution is 5.93. The number of hydrogen-bond acceptors (Lipinski definition) is 4. The molecule has 2 aliphatic carbocycles. The standard InChI is InChI=1S/C24H25F3N2O3/c1-13-3-4-15-9-20-23(32)10-16-8-17(14(2)30)21(31)28-19(16)11-22(23,18(15)7-13)5-6-29(20)12-24(25,26)27/h3-4,7-8,20,32H,5-6,9-12H2,1-2H3,(H,28,31)/t20-,22-,23-/m1/s1. The molecule has 5 rings (SSSR count). The fourth-order valence-electron chi connectivity index (χ4n) is 6.34. The van der Waals surface area contributed by atoms with Crippen LogP contribution in [0, 0.1) is 6.92 Å². The van der Waals surface area contributed by atoms with E-state index in [1.54, 1.807) is 0 Å². The molecule has 2 heterocycles. The summed E-state index contributed by atoms with van der Waals surface area (Å²) in [5, 5.41) is 12.2. The van der Waals surface area contributed by atoms with Gasteiger partial charge in [0.2, 0.25) is 0 Å². The summed E-state index contributed by atoms with van der Waals surface area (Å²) < 4.78 is 40.2. The number of aliphatic hydroxyl groups is 1. The number of piperidine rings is 1. The number of pyridine rings is 1. The fourth-order valence-corrected chi connectivity index (χ4v) is 6.34. The van der Waals surface area contributed by atoms with Gasteiger partial charge >= 0.3 is 6.18 Å². The van der Waals surface area contributed by atoms with Crippen molar-refractivity contribution in [2.45, 2.75) is 62.8 Å². The van der Waals surface area contributed by atoms with Gasteiger partial charge in [0, 0.05) is 30.0 Å². The molecule has 5 nitrogen and oxygen atoms in total. The van der Waals surface area contributed by atoms with Crippen molar-refractivity contribution in [2.24, 2.45) is 0 Å². The van der Waals surface area contributed by atoms with Crippen LogP contribution in [0.1, 0.15) is 51.7 Å². The van der Waals surface area contributed by atoms with Crippen LogP contribution >= 0.6 is 0 Å². The Hall–Kier alpha value is -2.45. The van der Waals surface area contributed by atoms with Gasteiger partial charge in [-0.25, -0.2) is 0 Å². The van der Waals surface area contributed by atoms with Crippen LogP contribution in [-0.4, -0.2) is 51.7 Å². The molecular formula is C24H25F3N2O3. The van der Waals surface area contributed by atoms with Crippen molar-refractivity contribution in [1.82, 2.24) is 9.88 Å². The van der Waals surface area contributed by atoms with Crippen molar-refractivity contribution >= 4 is 5.78 Å². The zero-order valence-corrected chi connectivity index (χ0v) is 18.0. The lowest BCUT2D eigenvalue weighted by molar-refractivity contribution is -0.196. The number of halogens is 3. The number of alkyl halides is 3. The second kappa shape index (κ2) is 6.78. The first kappa shape index (κ1) is 21.4. The summed E-state index contributed by atoms with van der Waals surface area (Å²) in [6.07, 6.45) is -3.29. The van der Waals surface area contributed by atoms with E-state index in [1.807, 2.05) is 25.1 Å². The Balaban J connectivity index is 1.72. The Morgan fingerprint density at radius 2 is 2.00 bits per heavy atom. The highest BCUT2D eigenvalue weighted by Gasteiger charge is 2.65. The maximum atomic E-state index is 13.4. The van der Waals surface area contributed by atoms with E-state index < -0.39 is 35.3 Å². The zero-order chi connectivity index (χ0) is 23.1. The molecular weight excluding hydrogens is 421 g/mol. The summed E-state index contributed by atoms with van der Waals surface area (Å²) in [5.41, 5.74) is 1.50. The van der Waals surface area contributed by atoms with Gasteiger partial charge in [-0.15, -0.1) is 0 Å². The maximum Gasteiger partial charge on any atom is 0.401 e. The molecule has 32 heavy (non-hydrogen) atoms. The van der Waals surface area contributed by atoms with Gasteiger partial charge in [-0.05, 0) is 56.0 Å². The summed E-state index contributed by atoms with van der Waals surface area (Å²) in [7, 11) is 0. The van der Waals surface area contributed by atoms with E-state index in [4.69, 9.17) is 0 Å². The predicted molar refractivity (Wildman–Crippen MR) is 112 cm³/mol. The van der Waals surface area contributed by atoms with Crippen LogP contribution < -0.4 is 5.56 Å². The van der Waals surface area contributed by atoms with Gasteiger partial charge < -0.3 is 10.1 Å². The fraction of sp³-hybridized carbons (Fsp3) is 0.500. The van der Waals surface area contributed by atoms with Crippen LogP contribution in [0.3, 0.4) is 0 Å². The van der Waals surface area contributed by atoms with E-state index in [1.165, 1.54) is 17.9 Å². The molecule has 0 unspecified atom stereocenters. The minimum Gasteiger partial charge on any atom is -0.387 e. The molecule has 2 bridgehead atoms. The van der Waals surface area contributed by atoms with Gasteiger partial charge in [0.25, 0.3) is 5.56 Å². The quantitative estimate of drug-likeness (QED) is 0.696. The van der Waals surface area contributed by atoms with Crippen LogP contribution in [0.5, 0.6) is 0 Å². The van der Waals surface area contributed by atoms with Crippen molar-refractivity contribution in [2.75, 3.05) is 13.1 Å². The van der Waals surface area contributed by atoms with E-state index >= 15 is 0 Å². The van der Waals surface area contributed by atoms with Gasteiger partial charge in [0.15, 0.2) is 5.78 Å². The zero-order valence-electron chi connectivity index (χ0n) is 18.0. The van der Waals surface area contributed by atoms with E-state index in [9.17, 15) is 27.9 Å². The Bertz CT molecular complexity index is 1190. The number of aryl methyl sites for hydroxylation is 1. The maximum absolute atomic E-state index is 13.4. The third kappa shape index (κ3) is 2.99. The molecule has 8 heteroatoms. The van der Waals surface area contributed by atoms with Crippen LogP contribution in [0.2, 0.25) is 0 Å². The lowest BCUT2D eigenvalue weighted by Gasteiger charge is -2.63. The number of nitrogens with zero attached hydrogens (tertiary/aromatic N) is 1. The van der Waals surface area contributed by atoms with Gasteiger partial charge in [-0.1, -0.05) is 23.8 Å². The third-order valence-electron chi connectivity index (χ3n) is 7.76. The van der Waals surface area contributed by atoms with Crippen molar-refractivity contribution in [1.29, 1.82) is 0 Å². The average molecular weight is 446 g/mol. The number of carbonyl (C=O) groups is 1. The van der Waals surface area contributed by atoms with Crippen LogP contribution in [0.25, 0.3) is 0 Å². The summed E-state index contributed by atoms with van der Waals surface area (Å²) in [6, 6.07) is 6.73. The number of carbonyl (C=O) groups excluding carboxylic acids is 1. The molecule has 1 aromatic heterocycles. The molecule has 1 saturated heterocycles. The van der Waals surface area contributed by atoms with Crippen molar-refractivity contribution in [3.8, 4) is 0 Å². The number of H-pyrrole nitrogens is 1. The number of nitrogens with one attached hydrogen (secondary N) is 1. The molecule has 0 saturated carbocycles. The summed E-state index contributed by atoms with van der Waals surface area (Å²) in [4.78, 5) is 28.6. The summed E-state index contributed by atoms with van der Waals surface area (Å²) in [6.45, 7) is 2.40. The number of ketones is 1. The van der Waals surface area contributed by atoms with Crippen LogP contribution in [0.4, 0.5) is 13.2 Å². The van der Waals surface area contributed by atoms with E-state index in [2.05, 4.69) is 4.98 Å². The third-order valence-corrected chi connectivity index (χ3v) is 7.76. The number of hydrogen-bond donors (Lipinski definition) is 2. The molecule has 1 aliphatic heterocycles. The molecule has 2 aromatic rings. The van der Waals surface area contributed by atoms with E-state index in [-0.39, 0.29) is 24.3 Å². The Morgan fingerprint density at radius 1 is 1.25 bits per heavy atom. The van der Waals surface area contributed by atoms with E-state index in [0.29, 0.717) is 30.5 Å². The highest BCUT2D eigenvalue weighted by Crippen LogP contribution is 2.57. The predicted octanol–water partition coefficient (Wildman–Crippen LogP) is 2.85. The molecule has 0 radical (unpaired) electrons. The largest absolute Gasteiger partial charge is 0.401 e. The number of Topliss-reactive ketones (excluding diaryl/α,β-unsaturated/α-hetero) is 1. The molecule has 1 fully saturated rings. The topological polar surface area (TPSA) is 73.4 Å². The lowest BCUT2D eigenvalue weighted by Crippen LogP contribution is -2.74. The van der Waals surface area contributed by atoms with E-state index in [0.717, 1.165) is 16.7 Å². The van der Waals surface area contributed by atoms with Crippen LogP contribution in [0.15, 0.2) is 29.1 Å². The smallest absolute Gasteiger partial charge is 0.387 e. The minimum absolute atomic E-state index is 0.00709. The number of rotatable bonds is 2. The SMILES string of the molecule is CC(=O)c1cc2c([nH]c1=O)C[C@]13CCN(CC(F)(F)F)[C@H](Cc4ccc(C)cc41)[C@]3(O)C2. The van der Waals surface area contributed by atoms with Gasteiger partial charge in [0.1, 0.15) is 0 Å². The number of benzene rings is 1. The molecule has 3 atom stereocenters. The second-order valence-corrected chi connectivity index (χ2v) is 9.65. The first-order chi connectivity index (χ1) is 14.9. The number of aromatic nitrogens is 1.